The molecular formula is C94H167N9O12. The minimum Gasteiger partial charge on any atom is -0.466 e. The number of carbonyl (C=O) groups excluding carboxylic acids is 5. The molecule has 1 aliphatic heterocycles. The SMILES string of the molecule is CCCCOc1nc(NC(=O)CCCCCN(CCCCCCCCC(=O)OCCCCCCCC(C)C)CCCN(CCCCCCCCC(=O)OCCCCCCCC(C)C)CCCCCCCCC(=O)OCCCCCCCC(C)C)c2[nH]c(=O)n(CCCN(CCCN3CCOCC3)Cc3cccc(C(=O)OC)c3)c2n1. The van der Waals surface area contributed by atoms with Crippen LogP contribution in [0.15, 0.2) is 29.1 Å². The molecule has 1 fully saturated rings. The van der Waals surface area contributed by atoms with E-state index in [1.165, 1.54) is 123 Å². The topological polar surface area (TPSA) is 229 Å². The predicted molar refractivity (Wildman–Crippen MR) is 470 cm³/mol. The van der Waals surface area contributed by atoms with E-state index >= 15 is 0 Å². The molecule has 0 saturated carbocycles. The summed E-state index contributed by atoms with van der Waals surface area (Å²) >= 11 is 0. The number of unbranched alkanes of at least 4 members (excludes halogenated alkanes) is 30. The first-order valence-corrected chi connectivity index (χ1v) is 47.1. The molecule has 21 heteroatoms. The minimum absolute atomic E-state index is 0.0426. The zero-order chi connectivity index (χ0) is 82.8. The number of morpholine rings is 1. The maximum absolute atomic E-state index is 14.0. The number of hydrogen-bond acceptors (Lipinski definition) is 18. The second-order valence-corrected chi connectivity index (χ2v) is 34.5. The van der Waals surface area contributed by atoms with Crippen LogP contribution in [0.1, 0.15) is 373 Å². The summed E-state index contributed by atoms with van der Waals surface area (Å²) in [5.74, 6) is 1.85. The van der Waals surface area contributed by atoms with Crippen molar-refractivity contribution in [1.29, 1.82) is 0 Å². The number of H-pyrrole nitrogens is 1. The van der Waals surface area contributed by atoms with Gasteiger partial charge < -0.3 is 48.5 Å². The van der Waals surface area contributed by atoms with E-state index in [0.717, 1.165) is 256 Å². The molecular weight excluding hydrogens is 1450 g/mol. The average molecular weight is 1620 g/mol. The maximum atomic E-state index is 14.0. The molecule has 660 valence electrons. The van der Waals surface area contributed by atoms with E-state index in [4.69, 9.17) is 33.4 Å². The lowest BCUT2D eigenvalue weighted by Crippen LogP contribution is -2.38. The second-order valence-electron chi connectivity index (χ2n) is 34.5. The van der Waals surface area contributed by atoms with Crippen molar-refractivity contribution < 1.29 is 52.4 Å². The van der Waals surface area contributed by atoms with Crippen molar-refractivity contribution >= 4 is 46.8 Å². The van der Waals surface area contributed by atoms with Crippen molar-refractivity contribution in [2.45, 2.75) is 370 Å². The molecule has 115 heavy (non-hydrogen) atoms. The Morgan fingerprint density at radius 2 is 0.878 bits per heavy atom. The van der Waals surface area contributed by atoms with Crippen LogP contribution < -0.4 is 15.7 Å². The first-order valence-electron chi connectivity index (χ1n) is 47.1. The van der Waals surface area contributed by atoms with E-state index in [1.807, 2.05) is 18.2 Å². The van der Waals surface area contributed by atoms with Crippen molar-refractivity contribution in [2.24, 2.45) is 17.8 Å². The van der Waals surface area contributed by atoms with Gasteiger partial charge in [0.1, 0.15) is 5.52 Å². The number of benzene rings is 1. The van der Waals surface area contributed by atoms with Gasteiger partial charge in [0.15, 0.2) is 11.5 Å². The summed E-state index contributed by atoms with van der Waals surface area (Å²) in [7, 11) is 1.39. The van der Waals surface area contributed by atoms with E-state index < -0.39 is 0 Å². The fourth-order valence-electron chi connectivity index (χ4n) is 15.4. The summed E-state index contributed by atoms with van der Waals surface area (Å²) in [5, 5.41) is 3.06. The van der Waals surface area contributed by atoms with Crippen LogP contribution in [0.4, 0.5) is 5.82 Å². The summed E-state index contributed by atoms with van der Waals surface area (Å²) < 4.78 is 35.1. The summed E-state index contributed by atoms with van der Waals surface area (Å²) in [6, 6.07) is 7.69. The zero-order valence-electron chi connectivity index (χ0n) is 74.4. The number of amides is 1. The fourth-order valence-corrected chi connectivity index (χ4v) is 15.4. The molecule has 0 aliphatic carbocycles. The Balaban J connectivity index is 1.34. The molecule has 0 radical (unpaired) electrons. The highest BCUT2D eigenvalue weighted by Crippen LogP contribution is 2.24. The Bertz CT molecular complexity index is 2940. The van der Waals surface area contributed by atoms with E-state index in [1.54, 1.807) is 10.6 Å². The number of hydrogen-bond donors (Lipinski definition) is 2. The Hall–Kier alpha value is -5.48. The first kappa shape index (κ1) is 102. The molecule has 1 aliphatic rings. The third kappa shape index (κ3) is 53.6. The van der Waals surface area contributed by atoms with Crippen LogP contribution in [0.5, 0.6) is 6.01 Å². The highest BCUT2D eigenvalue weighted by Gasteiger charge is 2.21. The number of carbonyl (C=O) groups is 5. The number of anilines is 1. The zero-order valence-corrected chi connectivity index (χ0v) is 74.4. The number of aryl methyl sites for hydroxylation is 1. The van der Waals surface area contributed by atoms with Crippen molar-refractivity contribution in [3.8, 4) is 6.01 Å². The second kappa shape index (κ2) is 68.3. The molecule has 0 bridgehead atoms. The Morgan fingerprint density at radius 3 is 1.34 bits per heavy atom. The molecule has 2 aromatic heterocycles. The number of esters is 4. The number of aromatic amines is 1. The summed E-state index contributed by atoms with van der Waals surface area (Å²) in [6.07, 6.45) is 50.1. The third-order valence-corrected chi connectivity index (χ3v) is 22.5. The van der Waals surface area contributed by atoms with Crippen LogP contribution in [0, 0.1) is 17.8 Å². The normalized spacial score (nSPS) is 12.7. The molecule has 1 amide bonds. The van der Waals surface area contributed by atoms with Crippen LogP contribution in [0.25, 0.3) is 11.2 Å². The van der Waals surface area contributed by atoms with Crippen molar-refractivity contribution in [3.63, 3.8) is 0 Å². The summed E-state index contributed by atoms with van der Waals surface area (Å²) in [5.41, 5.74) is 1.95. The van der Waals surface area contributed by atoms with Crippen molar-refractivity contribution in [2.75, 3.05) is 124 Å². The van der Waals surface area contributed by atoms with Gasteiger partial charge >= 0.3 is 35.6 Å². The van der Waals surface area contributed by atoms with E-state index in [9.17, 15) is 28.8 Å². The average Bonchev–Trinajstić information content (AvgIpc) is 1.64. The lowest BCUT2D eigenvalue weighted by atomic mass is 10.0. The molecule has 21 nitrogen and oxygen atoms in total. The van der Waals surface area contributed by atoms with E-state index in [0.29, 0.717) is 101 Å². The number of nitrogens with zero attached hydrogens (tertiary/aromatic N) is 7. The van der Waals surface area contributed by atoms with Crippen LogP contribution in [-0.4, -0.2) is 188 Å². The highest BCUT2D eigenvalue weighted by molar-refractivity contribution is 5.97. The van der Waals surface area contributed by atoms with Gasteiger partial charge in [-0.2, -0.15) is 9.97 Å². The number of imidazole rings is 1. The lowest BCUT2D eigenvalue weighted by molar-refractivity contribution is -0.144. The van der Waals surface area contributed by atoms with E-state index in [-0.39, 0.29) is 47.3 Å². The molecule has 3 aromatic rings. The molecule has 2 N–H and O–H groups in total. The van der Waals surface area contributed by atoms with Gasteiger partial charge in [-0.05, 0) is 184 Å². The van der Waals surface area contributed by atoms with Crippen molar-refractivity contribution in [3.05, 3.63) is 45.9 Å². The summed E-state index contributed by atoms with van der Waals surface area (Å²) in [4.78, 5) is 101. The van der Waals surface area contributed by atoms with E-state index in [2.05, 4.69) is 83.4 Å². The largest absolute Gasteiger partial charge is 0.466 e. The highest BCUT2D eigenvalue weighted by atomic mass is 16.5. The molecule has 1 aromatic carbocycles. The molecule has 0 unspecified atom stereocenters. The molecule has 0 atom stereocenters. The Kier molecular flexibility index (Phi) is 60.5. The summed E-state index contributed by atoms with van der Waals surface area (Å²) in [6.45, 7) is 30.9. The number of rotatable bonds is 77. The number of ether oxygens (including phenoxy) is 6. The number of nitrogens with one attached hydrogen (secondary N) is 2. The third-order valence-electron chi connectivity index (χ3n) is 22.5. The number of fused-ring (bicyclic) bond motifs is 1. The lowest BCUT2D eigenvalue weighted by Gasteiger charge is -2.28. The van der Waals surface area contributed by atoms with Crippen LogP contribution >= 0.6 is 0 Å². The van der Waals surface area contributed by atoms with Gasteiger partial charge in [0, 0.05) is 58.4 Å². The maximum Gasteiger partial charge on any atom is 0.337 e. The van der Waals surface area contributed by atoms with Gasteiger partial charge in [0.25, 0.3) is 0 Å². The van der Waals surface area contributed by atoms with Gasteiger partial charge in [-0.1, -0.05) is 247 Å². The molecule has 0 spiro atoms. The molecule has 4 rings (SSSR count). The van der Waals surface area contributed by atoms with Gasteiger partial charge in [0.2, 0.25) is 5.91 Å². The smallest absolute Gasteiger partial charge is 0.337 e. The van der Waals surface area contributed by atoms with Gasteiger partial charge in [-0.3, -0.25) is 33.5 Å². The Morgan fingerprint density at radius 1 is 0.470 bits per heavy atom. The van der Waals surface area contributed by atoms with Gasteiger partial charge in [-0.15, -0.1) is 0 Å². The minimum atomic E-state index is -0.371. The quantitative estimate of drug-likeness (QED) is 0.0304. The van der Waals surface area contributed by atoms with Crippen LogP contribution in [-0.2, 0) is 56.0 Å². The van der Waals surface area contributed by atoms with Gasteiger partial charge in [-0.25, -0.2) is 9.59 Å². The van der Waals surface area contributed by atoms with Crippen molar-refractivity contribution in [1.82, 2.24) is 39.1 Å². The predicted octanol–water partition coefficient (Wildman–Crippen LogP) is 21.0. The van der Waals surface area contributed by atoms with Crippen LogP contribution in [0.3, 0.4) is 0 Å². The molecule has 3 heterocycles. The van der Waals surface area contributed by atoms with Gasteiger partial charge in [0.05, 0.1) is 52.3 Å². The fraction of sp³-hybridized carbons (Fsp3) is 0.830. The Labute approximate surface area is 698 Å². The number of methoxy groups -OCH3 is 1. The first-order chi connectivity index (χ1) is 56.0. The van der Waals surface area contributed by atoms with Crippen LogP contribution in [0.2, 0.25) is 0 Å². The monoisotopic (exact) mass is 1610 g/mol. The number of aromatic nitrogens is 4. The molecule has 1 saturated heterocycles. The standard InChI is InChI=1S/C94H167N9O12/c1-9-10-72-115-93-97-90(89-91(98-93)103(94(109)96-89)69-50-68-102(67-49-66-101-70-76-111-77-71-101)79-83-54-47-55-84(78-83)92(108)110-8)95-85(104)56-36-32-43-63-100(62-42-28-16-13-25-39-59-88(107)114-75-46-31-19-22-35-53-82(6)7)65-48-64-99(60-40-26-14-11-23-37-57-86(105)112-73-44-29-17-20-33-51-80(2)3)61-41-27-15-12-24-38-58-87(106)113-74-45-30-18-21-34-52-81(4)5/h47,54-55,78,80-82H,9-46,48-53,56-77,79H2,1-8H3,(H,96,109)(H,95,97,98,104).